The summed E-state index contributed by atoms with van der Waals surface area (Å²) < 4.78 is 0. The Morgan fingerprint density at radius 3 is 1.81 bits per heavy atom. The van der Waals surface area contributed by atoms with E-state index >= 15 is 0 Å². The van der Waals surface area contributed by atoms with Crippen LogP contribution in [0.15, 0.2) is 97.3 Å². The van der Waals surface area contributed by atoms with E-state index in [-0.39, 0.29) is 5.41 Å². The number of fused-ring (bicyclic) bond motifs is 3. The minimum absolute atomic E-state index is 0.262. The normalized spacial score (nSPS) is 14.3. The molecule has 4 aromatic rings. The molecular weight excluding hydrogens is 316 g/mol. The van der Waals surface area contributed by atoms with Crippen molar-refractivity contribution in [2.75, 3.05) is 0 Å². The van der Waals surface area contributed by atoms with Gasteiger partial charge in [-0.25, -0.2) is 0 Å². The van der Waals surface area contributed by atoms with Crippen molar-refractivity contribution in [3.05, 3.63) is 120 Å². The summed E-state index contributed by atoms with van der Waals surface area (Å²) in [6, 6.07) is 30.0. The van der Waals surface area contributed by atoms with Gasteiger partial charge in [0.15, 0.2) is 0 Å². The zero-order valence-corrected chi connectivity index (χ0v) is 14.3. The fraction of sp³-hybridized carbons (Fsp3) is 0.0833. The van der Waals surface area contributed by atoms with Crippen LogP contribution in [0.25, 0.3) is 11.4 Å². The Morgan fingerprint density at radius 1 is 0.577 bits per heavy atom. The quantitative estimate of drug-likeness (QED) is 0.513. The van der Waals surface area contributed by atoms with Crippen LogP contribution in [0.1, 0.15) is 22.3 Å². The lowest BCUT2D eigenvalue weighted by Crippen LogP contribution is -2.35. The maximum Gasteiger partial charge on any atom is 0.0933 e. The zero-order chi connectivity index (χ0) is 17.4. The highest BCUT2D eigenvalue weighted by atomic mass is 14.8. The zero-order valence-electron chi connectivity index (χ0n) is 14.3. The van der Waals surface area contributed by atoms with Gasteiger partial charge < -0.3 is 0 Å². The highest BCUT2D eigenvalue weighted by Crippen LogP contribution is 2.49. The van der Waals surface area contributed by atoms with E-state index in [1.807, 2.05) is 24.5 Å². The molecule has 1 aliphatic carbocycles. The van der Waals surface area contributed by atoms with E-state index in [2.05, 4.69) is 77.8 Å². The highest BCUT2D eigenvalue weighted by molar-refractivity contribution is 5.72. The van der Waals surface area contributed by atoms with Gasteiger partial charge >= 0.3 is 0 Å². The molecule has 0 saturated heterocycles. The Morgan fingerprint density at radius 2 is 1.15 bits per heavy atom. The summed E-state index contributed by atoms with van der Waals surface area (Å²) in [5, 5.41) is 0. The Balaban J connectivity index is 1.90. The van der Waals surface area contributed by atoms with E-state index in [1.54, 1.807) is 0 Å². The molecule has 124 valence electrons. The van der Waals surface area contributed by atoms with Crippen LogP contribution in [0.4, 0.5) is 0 Å². The number of hydrogen-bond acceptors (Lipinski definition) is 2. The van der Waals surface area contributed by atoms with Crippen LogP contribution in [0.3, 0.4) is 0 Å². The molecule has 0 fully saturated rings. The molecule has 0 radical (unpaired) electrons. The first-order valence-electron chi connectivity index (χ1n) is 8.90. The number of rotatable bonds is 2. The van der Waals surface area contributed by atoms with Crippen LogP contribution in [0, 0.1) is 0 Å². The third kappa shape index (κ3) is 2.12. The molecule has 0 bridgehead atoms. The summed E-state index contributed by atoms with van der Waals surface area (Å²) in [6.45, 7) is 0. The number of hydrogen-bond donors (Lipinski definition) is 0. The van der Waals surface area contributed by atoms with Gasteiger partial charge in [-0.15, -0.1) is 0 Å². The van der Waals surface area contributed by atoms with E-state index in [9.17, 15) is 0 Å². The van der Waals surface area contributed by atoms with Crippen molar-refractivity contribution >= 4 is 0 Å². The van der Waals surface area contributed by atoms with Crippen molar-refractivity contribution in [2.45, 2.75) is 11.8 Å². The predicted molar refractivity (Wildman–Crippen MR) is 104 cm³/mol. The van der Waals surface area contributed by atoms with Crippen molar-refractivity contribution in [2.24, 2.45) is 0 Å². The molecule has 1 aliphatic rings. The summed E-state index contributed by atoms with van der Waals surface area (Å²) in [4.78, 5) is 9.40. The van der Waals surface area contributed by atoms with Gasteiger partial charge in [0.25, 0.3) is 0 Å². The number of nitrogens with zero attached hydrogens (tertiary/aromatic N) is 2. The fourth-order valence-corrected chi connectivity index (χ4v) is 4.24. The molecule has 0 aliphatic heterocycles. The maximum absolute atomic E-state index is 4.74. The van der Waals surface area contributed by atoms with Crippen molar-refractivity contribution in [1.82, 2.24) is 9.97 Å². The van der Waals surface area contributed by atoms with Crippen molar-refractivity contribution in [3.8, 4) is 11.4 Å². The Labute approximate surface area is 153 Å². The molecular formula is C24H18N2. The fourth-order valence-electron chi connectivity index (χ4n) is 4.24. The van der Waals surface area contributed by atoms with Crippen LogP contribution in [-0.2, 0) is 11.8 Å². The standard InChI is InChI=1S/C24H18N2/c1-3-10-19(11-4-1)24(20-12-5-2-6-13-20)17-18-9-7-15-25-22(18)23-21(24)14-8-16-26-23/h1-16H,17H2. The monoisotopic (exact) mass is 334 g/mol. The largest absolute Gasteiger partial charge is 0.254 e. The van der Waals surface area contributed by atoms with Gasteiger partial charge in [0, 0.05) is 12.4 Å². The SMILES string of the molecule is c1ccc(C2(c3ccccc3)Cc3cccnc3-c3ncccc32)cc1. The van der Waals surface area contributed by atoms with Crippen LogP contribution in [-0.4, -0.2) is 9.97 Å². The second-order valence-corrected chi connectivity index (χ2v) is 6.72. The van der Waals surface area contributed by atoms with E-state index in [4.69, 9.17) is 4.98 Å². The van der Waals surface area contributed by atoms with E-state index in [0.29, 0.717) is 0 Å². The van der Waals surface area contributed by atoms with Crippen LogP contribution in [0.5, 0.6) is 0 Å². The summed E-state index contributed by atoms with van der Waals surface area (Å²) in [5.41, 5.74) is 6.77. The Kier molecular flexibility index (Phi) is 3.42. The molecule has 0 unspecified atom stereocenters. The Hall–Kier alpha value is -3.26. The molecule has 0 saturated carbocycles. The average molecular weight is 334 g/mol. The summed E-state index contributed by atoms with van der Waals surface area (Å²) >= 11 is 0. The van der Waals surface area contributed by atoms with Crippen LogP contribution in [0.2, 0.25) is 0 Å². The maximum atomic E-state index is 4.74. The lowest BCUT2D eigenvalue weighted by Gasteiger charge is -2.40. The number of benzene rings is 2. The van der Waals surface area contributed by atoms with Crippen LogP contribution < -0.4 is 0 Å². The van der Waals surface area contributed by atoms with Gasteiger partial charge in [0.05, 0.1) is 16.8 Å². The lowest BCUT2D eigenvalue weighted by molar-refractivity contribution is 0.600. The molecule has 0 atom stereocenters. The molecule has 0 N–H and O–H groups in total. The van der Waals surface area contributed by atoms with E-state index < -0.39 is 0 Å². The van der Waals surface area contributed by atoms with Gasteiger partial charge in [0.2, 0.25) is 0 Å². The van der Waals surface area contributed by atoms with Gasteiger partial charge in [-0.1, -0.05) is 72.8 Å². The number of aromatic nitrogens is 2. The van der Waals surface area contributed by atoms with Crippen molar-refractivity contribution in [3.63, 3.8) is 0 Å². The summed E-state index contributed by atoms with van der Waals surface area (Å²) in [5.74, 6) is 0. The molecule has 2 heterocycles. The van der Waals surface area contributed by atoms with Gasteiger partial charge in [-0.3, -0.25) is 9.97 Å². The minimum atomic E-state index is -0.262. The molecule has 0 spiro atoms. The first-order valence-corrected chi connectivity index (χ1v) is 8.90. The van der Waals surface area contributed by atoms with Gasteiger partial charge in [-0.2, -0.15) is 0 Å². The molecule has 2 aromatic carbocycles. The average Bonchev–Trinajstić information content (AvgIpc) is 2.74. The smallest absolute Gasteiger partial charge is 0.0933 e. The molecule has 2 nitrogen and oxygen atoms in total. The minimum Gasteiger partial charge on any atom is -0.254 e. The Bertz CT molecular complexity index is 1020. The molecule has 2 heteroatoms. The molecule has 0 amide bonds. The van der Waals surface area contributed by atoms with Crippen molar-refractivity contribution in [1.29, 1.82) is 0 Å². The topological polar surface area (TPSA) is 25.8 Å². The second-order valence-electron chi connectivity index (χ2n) is 6.72. The van der Waals surface area contributed by atoms with Crippen LogP contribution >= 0.6 is 0 Å². The third-order valence-electron chi connectivity index (χ3n) is 5.37. The first kappa shape index (κ1) is 15.0. The van der Waals surface area contributed by atoms with E-state index in [1.165, 1.54) is 22.3 Å². The third-order valence-corrected chi connectivity index (χ3v) is 5.37. The summed E-state index contributed by atoms with van der Waals surface area (Å²) in [7, 11) is 0. The summed E-state index contributed by atoms with van der Waals surface area (Å²) in [6.07, 6.45) is 4.60. The van der Waals surface area contributed by atoms with E-state index in [0.717, 1.165) is 17.8 Å². The van der Waals surface area contributed by atoms with Gasteiger partial charge in [-0.05, 0) is 40.8 Å². The molecule has 5 rings (SSSR count). The second kappa shape index (κ2) is 5.92. The van der Waals surface area contributed by atoms with Gasteiger partial charge in [0.1, 0.15) is 0 Å². The predicted octanol–water partition coefficient (Wildman–Crippen LogP) is 5.03. The molecule has 26 heavy (non-hydrogen) atoms. The van der Waals surface area contributed by atoms with Crippen molar-refractivity contribution < 1.29 is 0 Å². The first-order chi connectivity index (χ1) is 12.9. The highest BCUT2D eigenvalue weighted by Gasteiger charge is 2.42. The lowest BCUT2D eigenvalue weighted by atomic mass is 9.62. The number of pyridine rings is 2. The molecule has 2 aromatic heterocycles.